The lowest BCUT2D eigenvalue weighted by Crippen LogP contribution is -2.29. The van der Waals surface area contributed by atoms with Crippen LogP contribution in [-0.2, 0) is 25.5 Å². The third-order valence-electron chi connectivity index (χ3n) is 3.92. The monoisotopic (exact) mass is 346 g/mol. The molecular formula is C18H22N2O5. The molecular weight excluding hydrogens is 324 g/mol. The van der Waals surface area contributed by atoms with Gasteiger partial charge in [-0.1, -0.05) is 25.5 Å². The molecule has 1 aliphatic rings. The summed E-state index contributed by atoms with van der Waals surface area (Å²) < 4.78 is 4.97. The number of amides is 3. The van der Waals surface area contributed by atoms with Gasteiger partial charge in [0.2, 0.25) is 11.8 Å². The predicted octanol–water partition coefficient (Wildman–Crippen LogP) is 0.965. The van der Waals surface area contributed by atoms with E-state index in [1.807, 2.05) is 6.92 Å². The highest BCUT2D eigenvalue weighted by atomic mass is 16.5. The highest BCUT2D eigenvalue weighted by Gasteiger charge is 2.30. The quantitative estimate of drug-likeness (QED) is 0.415. The molecule has 0 bridgehead atoms. The minimum Gasteiger partial charge on any atom is -0.452 e. The zero-order valence-corrected chi connectivity index (χ0v) is 14.2. The number of carbonyl (C=O) groups is 4. The minimum absolute atomic E-state index is 0.190. The zero-order valence-electron chi connectivity index (χ0n) is 14.2. The Kier molecular flexibility index (Phi) is 6.68. The molecule has 1 aliphatic heterocycles. The Bertz CT molecular complexity index is 654. The SMILES string of the molecule is CCCCNC(=O)COC(=O)c1ccc(C[C@H]2CC(=O)NC2=O)cc1. The summed E-state index contributed by atoms with van der Waals surface area (Å²) in [6.45, 7) is 2.28. The number of imide groups is 1. The molecule has 0 unspecified atom stereocenters. The van der Waals surface area contributed by atoms with Crippen LogP contribution in [0.1, 0.15) is 42.1 Å². The molecule has 7 heteroatoms. The van der Waals surface area contributed by atoms with E-state index in [1.54, 1.807) is 24.3 Å². The van der Waals surface area contributed by atoms with Crippen LogP contribution in [0.4, 0.5) is 0 Å². The van der Waals surface area contributed by atoms with E-state index in [-0.39, 0.29) is 36.7 Å². The normalized spacial score (nSPS) is 16.4. The largest absolute Gasteiger partial charge is 0.452 e. The maximum Gasteiger partial charge on any atom is 0.338 e. The molecule has 2 rings (SSSR count). The molecule has 0 spiro atoms. The lowest BCUT2D eigenvalue weighted by Gasteiger charge is -2.08. The molecule has 0 radical (unpaired) electrons. The van der Waals surface area contributed by atoms with Gasteiger partial charge in [0, 0.05) is 13.0 Å². The average Bonchev–Trinajstić information content (AvgIpc) is 2.91. The molecule has 134 valence electrons. The van der Waals surface area contributed by atoms with Gasteiger partial charge in [0.1, 0.15) is 0 Å². The standard InChI is InChI=1S/C18H22N2O5/c1-2-3-8-19-16(22)11-25-18(24)13-6-4-12(5-7-13)9-14-10-15(21)20-17(14)23/h4-7,14H,2-3,8-11H2,1H3,(H,19,22)(H,20,21,23)/t14-/m0/s1. The topological polar surface area (TPSA) is 102 Å². The van der Waals surface area contributed by atoms with Crippen LogP contribution in [-0.4, -0.2) is 36.8 Å². The summed E-state index contributed by atoms with van der Waals surface area (Å²) in [6, 6.07) is 6.60. The van der Waals surface area contributed by atoms with Gasteiger partial charge in [-0.3, -0.25) is 19.7 Å². The Balaban J connectivity index is 1.80. The number of rotatable bonds is 8. The van der Waals surface area contributed by atoms with Crippen molar-refractivity contribution in [3.8, 4) is 0 Å². The lowest BCUT2D eigenvalue weighted by molar-refractivity contribution is -0.126. The first-order chi connectivity index (χ1) is 12.0. The fraction of sp³-hybridized carbons (Fsp3) is 0.444. The Morgan fingerprint density at radius 3 is 2.56 bits per heavy atom. The number of carbonyl (C=O) groups excluding carboxylic acids is 4. The van der Waals surface area contributed by atoms with Crippen LogP contribution in [0.15, 0.2) is 24.3 Å². The summed E-state index contributed by atoms with van der Waals surface area (Å²) in [7, 11) is 0. The third-order valence-corrected chi connectivity index (χ3v) is 3.92. The molecule has 0 aliphatic carbocycles. The first-order valence-corrected chi connectivity index (χ1v) is 8.36. The van der Waals surface area contributed by atoms with Gasteiger partial charge in [0.25, 0.3) is 5.91 Å². The van der Waals surface area contributed by atoms with Gasteiger partial charge >= 0.3 is 5.97 Å². The molecule has 0 saturated carbocycles. The smallest absolute Gasteiger partial charge is 0.338 e. The molecule has 1 fully saturated rings. The fourth-order valence-electron chi connectivity index (χ4n) is 2.50. The van der Waals surface area contributed by atoms with Crippen LogP contribution in [0.5, 0.6) is 0 Å². The predicted molar refractivity (Wildman–Crippen MR) is 89.6 cm³/mol. The molecule has 2 N–H and O–H groups in total. The average molecular weight is 346 g/mol. The zero-order chi connectivity index (χ0) is 18.2. The number of unbranched alkanes of at least 4 members (excludes halogenated alkanes) is 1. The minimum atomic E-state index is -0.578. The first kappa shape index (κ1) is 18.6. The molecule has 1 aromatic carbocycles. The van der Waals surface area contributed by atoms with Crippen molar-refractivity contribution in [2.45, 2.75) is 32.6 Å². The van der Waals surface area contributed by atoms with E-state index in [1.165, 1.54) is 0 Å². The summed E-state index contributed by atoms with van der Waals surface area (Å²) in [5.41, 5.74) is 1.18. The number of ether oxygens (including phenoxy) is 1. The van der Waals surface area contributed by atoms with E-state index in [2.05, 4.69) is 10.6 Å². The van der Waals surface area contributed by atoms with Crippen molar-refractivity contribution < 1.29 is 23.9 Å². The van der Waals surface area contributed by atoms with E-state index in [0.717, 1.165) is 18.4 Å². The Hall–Kier alpha value is -2.70. The van der Waals surface area contributed by atoms with Crippen LogP contribution in [0.2, 0.25) is 0 Å². The van der Waals surface area contributed by atoms with Crippen molar-refractivity contribution in [3.05, 3.63) is 35.4 Å². The summed E-state index contributed by atoms with van der Waals surface area (Å²) in [5, 5.41) is 4.94. The van der Waals surface area contributed by atoms with Gasteiger partial charge in [-0.25, -0.2) is 4.79 Å². The van der Waals surface area contributed by atoms with E-state index in [4.69, 9.17) is 4.74 Å². The van der Waals surface area contributed by atoms with E-state index >= 15 is 0 Å². The highest BCUT2D eigenvalue weighted by molar-refractivity contribution is 6.03. The lowest BCUT2D eigenvalue weighted by atomic mass is 9.97. The Labute approximate surface area is 146 Å². The molecule has 25 heavy (non-hydrogen) atoms. The maximum atomic E-state index is 11.9. The van der Waals surface area contributed by atoms with Crippen molar-refractivity contribution in [1.82, 2.24) is 10.6 Å². The molecule has 3 amide bonds. The summed E-state index contributed by atoms with van der Waals surface area (Å²) in [6.07, 6.45) is 2.48. The van der Waals surface area contributed by atoms with Crippen LogP contribution in [0.25, 0.3) is 0 Å². The molecule has 1 heterocycles. The Morgan fingerprint density at radius 1 is 1.24 bits per heavy atom. The molecule has 1 aromatic rings. The van der Waals surface area contributed by atoms with Crippen molar-refractivity contribution in [1.29, 1.82) is 0 Å². The Morgan fingerprint density at radius 2 is 1.96 bits per heavy atom. The van der Waals surface area contributed by atoms with Gasteiger partial charge in [0.05, 0.1) is 11.5 Å². The second-order valence-electron chi connectivity index (χ2n) is 5.99. The van der Waals surface area contributed by atoms with Crippen molar-refractivity contribution in [2.75, 3.05) is 13.2 Å². The van der Waals surface area contributed by atoms with Crippen molar-refractivity contribution in [3.63, 3.8) is 0 Å². The summed E-state index contributed by atoms with van der Waals surface area (Å²) >= 11 is 0. The van der Waals surface area contributed by atoms with E-state index in [0.29, 0.717) is 18.5 Å². The van der Waals surface area contributed by atoms with Crippen LogP contribution < -0.4 is 10.6 Å². The number of hydrogen-bond donors (Lipinski definition) is 2. The van der Waals surface area contributed by atoms with Crippen LogP contribution >= 0.6 is 0 Å². The van der Waals surface area contributed by atoms with Gasteiger partial charge in [-0.2, -0.15) is 0 Å². The second-order valence-corrected chi connectivity index (χ2v) is 5.99. The van der Waals surface area contributed by atoms with Crippen LogP contribution in [0, 0.1) is 5.92 Å². The molecule has 7 nitrogen and oxygen atoms in total. The van der Waals surface area contributed by atoms with Gasteiger partial charge in [0.15, 0.2) is 6.61 Å². The molecule has 1 atom stereocenters. The third kappa shape index (κ3) is 5.70. The first-order valence-electron chi connectivity index (χ1n) is 8.36. The summed E-state index contributed by atoms with van der Waals surface area (Å²) in [5.74, 6) is -1.78. The molecule has 0 aromatic heterocycles. The van der Waals surface area contributed by atoms with Crippen molar-refractivity contribution in [2.24, 2.45) is 5.92 Å². The van der Waals surface area contributed by atoms with E-state index < -0.39 is 5.97 Å². The van der Waals surface area contributed by atoms with Gasteiger partial charge < -0.3 is 10.1 Å². The van der Waals surface area contributed by atoms with Gasteiger partial charge in [-0.05, 0) is 30.5 Å². The number of nitrogens with one attached hydrogen (secondary N) is 2. The number of esters is 1. The second kappa shape index (κ2) is 8.96. The highest BCUT2D eigenvalue weighted by Crippen LogP contribution is 2.17. The fourth-order valence-corrected chi connectivity index (χ4v) is 2.50. The van der Waals surface area contributed by atoms with Crippen molar-refractivity contribution >= 4 is 23.7 Å². The molecule has 1 saturated heterocycles. The van der Waals surface area contributed by atoms with Crippen LogP contribution in [0.3, 0.4) is 0 Å². The number of benzene rings is 1. The maximum absolute atomic E-state index is 11.9. The van der Waals surface area contributed by atoms with Gasteiger partial charge in [-0.15, -0.1) is 0 Å². The number of hydrogen-bond acceptors (Lipinski definition) is 5. The van der Waals surface area contributed by atoms with E-state index in [9.17, 15) is 19.2 Å². The summed E-state index contributed by atoms with van der Waals surface area (Å²) in [4.78, 5) is 46.2.